The van der Waals surface area contributed by atoms with E-state index in [1.807, 2.05) is 0 Å². The van der Waals surface area contributed by atoms with Crippen molar-refractivity contribution in [2.24, 2.45) is 0 Å². The molecule has 0 saturated heterocycles. The number of nitrogens with one attached hydrogen (secondary N) is 1. The van der Waals surface area contributed by atoms with E-state index >= 15 is 0 Å². The Morgan fingerprint density at radius 1 is 0.821 bits per heavy atom. The molecule has 0 unspecified atom stereocenters. The summed E-state index contributed by atoms with van der Waals surface area (Å²) >= 11 is 0. The maximum Gasteiger partial charge on any atom is 0.397 e. The molecule has 1 aliphatic rings. The predicted octanol–water partition coefficient (Wildman–Crippen LogP) is 1.77. The Hall–Kier alpha value is -3.67. The Balaban J connectivity index is 1.74. The van der Waals surface area contributed by atoms with Crippen molar-refractivity contribution in [3.05, 3.63) is 82.4 Å². The van der Waals surface area contributed by atoms with Crippen LogP contribution in [0.3, 0.4) is 0 Å². The average Bonchev–Trinajstić information content (AvgIpc) is 2.81. The van der Waals surface area contributed by atoms with Gasteiger partial charge < -0.3 is 11.1 Å². The van der Waals surface area contributed by atoms with Gasteiger partial charge in [0.1, 0.15) is 4.90 Å². The minimum atomic E-state index is -4.93. The molecule has 0 saturated carbocycles. The molecule has 4 rings (SSSR count). The molecule has 0 fully saturated rings. The Morgan fingerprint density at radius 2 is 1.44 bits per heavy atom. The first-order chi connectivity index (χ1) is 18.1. The topological polar surface area (TPSA) is 224 Å². The summed E-state index contributed by atoms with van der Waals surface area (Å²) in [6.07, 6.45) is 0. The third-order valence-corrected chi connectivity index (χ3v) is 8.62. The molecule has 1 aliphatic carbocycles. The highest BCUT2D eigenvalue weighted by molar-refractivity contribution is 7.90. The van der Waals surface area contributed by atoms with Gasteiger partial charge in [-0.3, -0.25) is 18.7 Å². The van der Waals surface area contributed by atoms with Crippen LogP contribution in [0, 0.1) is 0 Å². The van der Waals surface area contributed by atoms with E-state index in [-0.39, 0.29) is 33.6 Å². The summed E-state index contributed by atoms with van der Waals surface area (Å²) in [4.78, 5) is 25.8. The third-order valence-electron chi connectivity index (χ3n) is 5.70. The highest BCUT2D eigenvalue weighted by atomic mass is 32.3. The minimum Gasteiger partial charge on any atom is -0.397 e. The van der Waals surface area contributed by atoms with Crippen LogP contribution in [0.25, 0.3) is 0 Å². The van der Waals surface area contributed by atoms with Gasteiger partial charge >= 0.3 is 10.4 Å². The molecule has 3 aromatic carbocycles. The normalized spacial score (nSPS) is 13.6. The number of nitrogen functional groups attached to an aromatic ring is 1. The van der Waals surface area contributed by atoms with E-state index in [2.05, 4.69) is 9.50 Å². The van der Waals surface area contributed by atoms with Crippen molar-refractivity contribution in [2.75, 3.05) is 23.4 Å². The predicted molar refractivity (Wildman–Crippen MR) is 139 cm³/mol. The Morgan fingerprint density at radius 3 is 2.03 bits per heavy atom. The molecule has 16 heteroatoms. The van der Waals surface area contributed by atoms with Crippen LogP contribution in [-0.4, -0.2) is 58.3 Å². The molecule has 0 aliphatic heterocycles. The lowest BCUT2D eigenvalue weighted by Gasteiger charge is -2.23. The molecule has 3 aromatic rings. The highest BCUT2D eigenvalue weighted by Crippen LogP contribution is 2.40. The number of anilines is 3. The fourth-order valence-electron chi connectivity index (χ4n) is 4.09. The van der Waals surface area contributed by atoms with Crippen LogP contribution >= 0.6 is 0 Å². The van der Waals surface area contributed by atoms with E-state index < -0.39 is 76.2 Å². The monoisotopic (exact) mass is 596 g/mol. The first-order valence-corrected chi connectivity index (χ1v) is 15.5. The molecule has 0 aromatic heterocycles. The Labute approximate surface area is 223 Å². The van der Waals surface area contributed by atoms with Gasteiger partial charge in [0, 0.05) is 16.8 Å². The molecule has 0 atom stereocenters. The number of carbonyl (C=O) groups excluding carboxylic acids is 2. The smallest absolute Gasteiger partial charge is 0.397 e. The number of rotatable bonds is 9. The van der Waals surface area contributed by atoms with Crippen molar-refractivity contribution < 1.29 is 48.1 Å². The van der Waals surface area contributed by atoms with Gasteiger partial charge in [0.05, 0.1) is 40.6 Å². The summed E-state index contributed by atoms with van der Waals surface area (Å²) in [6.45, 7) is -0.799. The summed E-state index contributed by atoms with van der Waals surface area (Å²) < 4.78 is 92.5. The lowest BCUT2D eigenvalue weighted by atomic mass is 9.82. The van der Waals surface area contributed by atoms with Gasteiger partial charge in [0.2, 0.25) is 0 Å². The zero-order chi connectivity index (χ0) is 28.8. The molecule has 13 nitrogen and oxygen atoms in total. The molecular weight excluding hydrogens is 576 g/mol. The number of carbonyl (C=O) groups is 2. The van der Waals surface area contributed by atoms with Crippen molar-refractivity contribution >= 4 is 59.0 Å². The SMILES string of the molecule is Nc1c(S(=O)(=O)O)cc(Nc2cccc(CS(=O)(=O)CCOS(=O)(=O)O)c2)c2c1C(=O)c1ccccc1C2=O. The van der Waals surface area contributed by atoms with Crippen molar-refractivity contribution in [3.63, 3.8) is 0 Å². The van der Waals surface area contributed by atoms with Gasteiger partial charge in [-0.1, -0.05) is 36.4 Å². The molecule has 206 valence electrons. The second kappa shape index (κ2) is 10.1. The second-order valence-electron chi connectivity index (χ2n) is 8.43. The fourth-order valence-corrected chi connectivity index (χ4v) is 6.31. The minimum absolute atomic E-state index is 0.00493. The van der Waals surface area contributed by atoms with Crippen molar-refractivity contribution in [1.29, 1.82) is 0 Å². The number of benzene rings is 3. The number of sulfone groups is 1. The molecule has 0 amide bonds. The van der Waals surface area contributed by atoms with Crippen LogP contribution < -0.4 is 11.1 Å². The number of fused-ring (bicyclic) bond motifs is 2. The summed E-state index contributed by atoms with van der Waals surface area (Å²) in [5, 5.41) is 2.81. The lowest BCUT2D eigenvalue weighted by molar-refractivity contribution is 0.0980. The van der Waals surface area contributed by atoms with Crippen LogP contribution in [0.1, 0.15) is 37.4 Å². The first-order valence-electron chi connectivity index (χ1n) is 10.9. The summed E-state index contributed by atoms with van der Waals surface area (Å²) in [7, 11) is -13.6. The van der Waals surface area contributed by atoms with Gasteiger partial charge in [-0.15, -0.1) is 0 Å². The fraction of sp³-hybridized carbons (Fsp3) is 0.130. The zero-order valence-electron chi connectivity index (χ0n) is 19.7. The number of hydrogen-bond acceptors (Lipinski definition) is 11. The summed E-state index contributed by atoms with van der Waals surface area (Å²) in [6, 6.07) is 12.5. The zero-order valence-corrected chi connectivity index (χ0v) is 22.1. The first kappa shape index (κ1) is 28.3. The molecule has 0 bridgehead atoms. The standard InChI is InChI=1S/C23H20N2O11S3/c24-21-18(38(30,31)32)11-17(19-20(21)23(27)16-7-2-1-6-15(16)22(19)26)25-14-5-3-4-13(10-14)12-37(28,29)9-8-36-39(33,34)35/h1-7,10-11,25H,8-9,12,24H2,(H,30,31,32)(H,33,34,35). The quantitative estimate of drug-likeness (QED) is 0.160. The summed E-state index contributed by atoms with van der Waals surface area (Å²) in [5.74, 6) is -2.63. The van der Waals surface area contributed by atoms with Crippen LogP contribution in [0.2, 0.25) is 0 Å². The number of ketones is 2. The number of hydrogen-bond donors (Lipinski definition) is 4. The van der Waals surface area contributed by atoms with E-state index in [0.29, 0.717) is 0 Å². The van der Waals surface area contributed by atoms with Gasteiger partial charge in [0.15, 0.2) is 21.4 Å². The van der Waals surface area contributed by atoms with Crippen molar-refractivity contribution in [2.45, 2.75) is 10.6 Å². The van der Waals surface area contributed by atoms with Crippen LogP contribution in [0.4, 0.5) is 17.1 Å². The van der Waals surface area contributed by atoms with E-state index in [4.69, 9.17) is 10.3 Å². The molecular formula is C23H20N2O11S3. The van der Waals surface area contributed by atoms with Crippen LogP contribution in [-0.2, 0) is 40.3 Å². The maximum atomic E-state index is 13.4. The molecule has 5 N–H and O–H groups in total. The van der Waals surface area contributed by atoms with Gasteiger partial charge in [-0.25, -0.2) is 12.6 Å². The Bertz CT molecular complexity index is 1850. The van der Waals surface area contributed by atoms with Gasteiger partial charge in [0.25, 0.3) is 10.1 Å². The van der Waals surface area contributed by atoms with E-state index in [1.165, 1.54) is 42.5 Å². The summed E-state index contributed by atoms with van der Waals surface area (Å²) in [5.41, 5.74) is 5.00. The van der Waals surface area contributed by atoms with E-state index in [9.17, 15) is 39.4 Å². The van der Waals surface area contributed by atoms with Gasteiger partial charge in [-0.2, -0.15) is 16.8 Å². The Kier molecular flexibility index (Phi) is 7.37. The second-order valence-corrected chi connectivity index (χ2v) is 13.1. The molecule has 0 radical (unpaired) electrons. The van der Waals surface area contributed by atoms with Gasteiger partial charge in [-0.05, 0) is 23.8 Å². The third kappa shape index (κ3) is 6.16. The average molecular weight is 597 g/mol. The van der Waals surface area contributed by atoms with E-state index in [1.54, 1.807) is 6.07 Å². The lowest BCUT2D eigenvalue weighted by Crippen LogP contribution is -2.25. The van der Waals surface area contributed by atoms with Crippen LogP contribution in [0.5, 0.6) is 0 Å². The van der Waals surface area contributed by atoms with Crippen molar-refractivity contribution in [1.82, 2.24) is 0 Å². The van der Waals surface area contributed by atoms with Crippen LogP contribution in [0.15, 0.2) is 59.5 Å². The van der Waals surface area contributed by atoms with E-state index in [0.717, 1.165) is 6.07 Å². The maximum absolute atomic E-state index is 13.4. The molecule has 39 heavy (non-hydrogen) atoms. The largest absolute Gasteiger partial charge is 0.397 e. The molecule has 0 heterocycles. The van der Waals surface area contributed by atoms with Crippen molar-refractivity contribution in [3.8, 4) is 0 Å². The number of nitrogens with two attached hydrogens (primary N) is 1. The highest BCUT2D eigenvalue weighted by Gasteiger charge is 2.36. The molecule has 0 spiro atoms.